The topological polar surface area (TPSA) is 81.7 Å². The number of nitrogens with one attached hydrogen (secondary N) is 1. The second-order valence-corrected chi connectivity index (χ2v) is 7.21. The molecule has 0 radical (unpaired) electrons. The van der Waals surface area contributed by atoms with Crippen LogP contribution in [0.3, 0.4) is 0 Å². The second kappa shape index (κ2) is 9.35. The van der Waals surface area contributed by atoms with E-state index in [1.807, 2.05) is 6.92 Å². The first kappa shape index (κ1) is 19.9. The summed E-state index contributed by atoms with van der Waals surface area (Å²) in [6.07, 6.45) is -0.103. The predicted molar refractivity (Wildman–Crippen MR) is 98.4 cm³/mol. The molecule has 0 unspecified atom stereocenters. The SMILES string of the molecule is CCOC(=O)C[C@H](NS(=O)(=O)c1ccccc1)c1ccc(OCC)cc1. The van der Waals surface area contributed by atoms with Crippen molar-refractivity contribution < 1.29 is 22.7 Å². The number of carbonyl (C=O) groups excluding carboxylic acids is 1. The van der Waals surface area contributed by atoms with Crippen molar-refractivity contribution in [2.75, 3.05) is 13.2 Å². The highest BCUT2D eigenvalue weighted by Crippen LogP contribution is 2.23. The zero-order valence-electron chi connectivity index (χ0n) is 14.8. The minimum Gasteiger partial charge on any atom is -0.494 e. The molecule has 2 rings (SSSR count). The minimum absolute atomic E-state index is 0.103. The van der Waals surface area contributed by atoms with E-state index in [9.17, 15) is 13.2 Å². The minimum atomic E-state index is -3.78. The molecule has 0 saturated heterocycles. The van der Waals surface area contributed by atoms with Crippen LogP contribution in [-0.2, 0) is 19.6 Å². The fraction of sp³-hybridized carbons (Fsp3) is 0.316. The number of carbonyl (C=O) groups is 1. The van der Waals surface area contributed by atoms with Gasteiger partial charge in [0.15, 0.2) is 0 Å². The molecule has 26 heavy (non-hydrogen) atoms. The van der Waals surface area contributed by atoms with Crippen molar-refractivity contribution in [2.24, 2.45) is 0 Å². The molecule has 0 spiro atoms. The van der Waals surface area contributed by atoms with E-state index in [1.54, 1.807) is 49.4 Å². The van der Waals surface area contributed by atoms with Gasteiger partial charge in [-0.25, -0.2) is 13.1 Å². The Kier molecular flexibility index (Phi) is 7.17. The van der Waals surface area contributed by atoms with E-state index in [1.165, 1.54) is 12.1 Å². The van der Waals surface area contributed by atoms with Gasteiger partial charge in [0.1, 0.15) is 5.75 Å². The molecule has 0 bridgehead atoms. The van der Waals surface area contributed by atoms with Crippen molar-refractivity contribution in [1.82, 2.24) is 4.72 Å². The average Bonchev–Trinajstić information content (AvgIpc) is 2.63. The van der Waals surface area contributed by atoms with E-state index in [0.29, 0.717) is 17.9 Å². The molecule has 2 aromatic rings. The molecular formula is C19H23NO5S. The maximum atomic E-state index is 12.6. The molecule has 1 N–H and O–H groups in total. The maximum absolute atomic E-state index is 12.6. The van der Waals surface area contributed by atoms with E-state index in [-0.39, 0.29) is 17.9 Å². The Balaban J connectivity index is 2.27. The average molecular weight is 377 g/mol. The molecule has 0 aliphatic carbocycles. The van der Waals surface area contributed by atoms with Crippen molar-refractivity contribution in [3.05, 3.63) is 60.2 Å². The van der Waals surface area contributed by atoms with Crippen LogP contribution in [0.4, 0.5) is 0 Å². The molecule has 2 aromatic carbocycles. The third-order valence-electron chi connectivity index (χ3n) is 3.62. The lowest BCUT2D eigenvalue weighted by atomic mass is 10.0. The molecule has 0 fully saturated rings. The van der Waals surface area contributed by atoms with Gasteiger partial charge in [0, 0.05) is 0 Å². The van der Waals surface area contributed by atoms with E-state index in [0.717, 1.165) is 0 Å². The summed E-state index contributed by atoms with van der Waals surface area (Å²) in [6, 6.07) is 14.3. The van der Waals surface area contributed by atoms with Gasteiger partial charge in [-0.3, -0.25) is 4.79 Å². The summed E-state index contributed by atoms with van der Waals surface area (Å²) in [7, 11) is -3.78. The number of sulfonamides is 1. The highest BCUT2D eigenvalue weighted by atomic mass is 32.2. The third kappa shape index (κ3) is 5.57. The van der Waals surface area contributed by atoms with Crippen LogP contribution in [0.25, 0.3) is 0 Å². The summed E-state index contributed by atoms with van der Waals surface area (Å²) < 4.78 is 38.2. The van der Waals surface area contributed by atoms with Crippen LogP contribution < -0.4 is 9.46 Å². The first-order valence-electron chi connectivity index (χ1n) is 8.42. The van der Waals surface area contributed by atoms with Gasteiger partial charge in [0.25, 0.3) is 0 Å². The van der Waals surface area contributed by atoms with Gasteiger partial charge in [0.05, 0.1) is 30.6 Å². The Morgan fingerprint density at radius 1 is 1.00 bits per heavy atom. The van der Waals surface area contributed by atoms with Gasteiger partial charge >= 0.3 is 5.97 Å². The Morgan fingerprint density at radius 3 is 2.23 bits per heavy atom. The second-order valence-electron chi connectivity index (χ2n) is 5.50. The molecule has 0 saturated carbocycles. The summed E-state index contributed by atoms with van der Waals surface area (Å²) in [6.45, 7) is 4.36. The summed E-state index contributed by atoms with van der Waals surface area (Å²) in [5, 5.41) is 0. The van der Waals surface area contributed by atoms with Crippen molar-refractivity contribution in [1.29, 1.82) is 0 Å². The first-order chi connectivity index (χ1) is 12.5. The zero-order valence-corrected chi connectivity index (χ0v) is 15.7. The molecule has 1 atom stereocenters. The molecule has 0 amide bonds. The van der Waals surface area contributed by atoms with E-state index in [4.69, 9.17) is 9.47 Å². The van der Waals surface area contributed by atoms with Gasteiger partial charge in [0.2, 0.25) is 10.0 Å². The third-order valence-corrected chi connectivity index (χ3v) is 5.11. The van der Waals surface area contributed by atoms with Crippen molar-refractivity contribution in [3.63, 3.8) is 0 Å². The molecular weight excluding hydrogens is 354 g/mol. The van der Waals surface area contributed by atoms with Crippen molar-refractivity contribution in [2.45, 2.75) is 31.2 Å². The quantitative estimate of drug-likeness (QED) is 0.679. The van der Waals surface area contributed by atoms with Gasteiger partial charge in [-0.05, 0) is 43.7 Å². The highest BCUT2D eigenvalue weighted by Gasteiger charge is 2.24. The van der Waals surface area contributed by atoms with Gasteiger partial charge in [-0.1, -0.05) is 30.3 Å². The van der Waals surface area contributed by atoms with Crippen LogP contribution in [0.15, 0.2) is 59.5 Å². The lowest BCUT2D eigenvalue weighted by molar-refractivity contribution is -0.143. The van der Waals surface area contributed by atoms with Crippen LogP contribution in [0.1, 0.15) is 31.9 Å². The standard InChI is InChI=1S/C19H23NO5S/c1-3-24-16-12-10-15(11-13-16)18(14-19(21)25-4-2)20-26(22,23)17-8-6-5-7-9-17/h5-13,18,20H,3-4,14H2,1-2H3/t18-/m0/s1. The summed E-state index contributed by atoms with van der Waals surface area (Å²) in [5.41, 5.74) is 0.654. The Morgan fingerprint density at radius 2 is 1.65 bits per heavy atom. The lowest BCUT2D eigenvalue weighted by Gasteiger charge is -2.19. The number of hydrogen-bond donors (Lipinski definition) is 1. The molecule has 0 heterocycles. The lowest BCUT2D eigenvalue weighted by Crippen LogP contribution is -2.30. The van der Waals surface area contributed by atoms with Crippen LogP contribution in [0, 0.1) is 0 Å². The van der Waals surface area contributed by atoms with Crippen LogP contribution >= 0.6 is 0 Å². The van der Waals surface area contributed by atoms with Crippen LogP contribution in [0.5, 0.6) is 5.75 Å². The normalized spacial score (nSPS) is 12.4. The Labute approximate surface area is 154 Å². The molecule has 7 heteroatoms. The fourth-order valence-corrected chi connectivity index (χ4v) is 3.68. The van der Waals surface area contributed by atoms with E-state index >= 15 is 0 Å². The molecule has 6 nitrogen and oxygen atoms in total. The van der Waals surface area contributed by atoms with Crippen molar-refractivity contribution >= 4 is 16.0 Å². The summed E-state index contributed by atoms with van der Waals surface area (Å²) >= 11 is 0. The van der Waals surface area contributed by atoms with Crippen LogP contribution in [-0.4, -0.2) is 27.6 Å². The monoisotopic (exact) mass is 377 g/mol. The first-order valence-corrected chi connectivity index (χ1v) is 9.90. The fourth-order valence-electron chi connectivity index (χ4n) is 2.43. The molecule has 0 aliphatic rings. The number of rotatable bonds is 9. The van der Waals surface area contributed by atoms with Crippen LogP contribution in [0.2, 0.25) is 0 Å². The molecule has 140 valence electrons. The smallest absolute Gasteiger partial charge is 0.307 e. The number of ether oxygens (including phenoxy) is 2. The Bertz CT molecular complexity index is 804. The van der Waals surface area contributed by atoms with E-state index in [2.05, 4.69) is 4.72 Å². The number of hydrogen-bond acceptors (Lipinski definition) is 5. The van der Waals surface area contributed by atoms with Gasteiger partial charge in [-0.15, -0.1) is 0 Å². The molecule has 0 aromatic heterocycles. The molecule has 0 aliphatic heterocycles. The maximum Gasteiger partial charge on any atom is 0.307 e. The zero-order chi connectivity index (χ0) is 19.0. The van der Waals surface area contributed by atoms with Gasteiger partial charge in [-0.2, -0.15) is 0 Å². The summed E-state index contributed by atoms with van der Waals surface area (Å²) in [4.78, 5) is 12.1. The Hall–Kier alpha value is -2.38. The van der Waals surface area contributed by atoms with Crippen molar-refractivity contribution in [3.8, 4) is 5.75 Å². The number of esters is 1. The van der Waals surface area contributed by atoms with E-state index < -0.39 is 22.0 Å². The number of benzene rings is 2. The highest BCUT2D eigenvalue weighted by molar-refractivity contribution is 7.89. The summed E-state index contributed by atoms with van der Waals surface area (Å²) in [5.74, 6) is 0.208. The largest absolute Gasteiger partial charge is 0.494 e. The van der Waals surface area contributed by atoms with Gasteiger partial charge < -0.3 is 9.47 Å². The predicted octanol–water partition coefficient (Wildman–Crippen LogP) is 3.06.